The summed E-state index contributed by atoms with van der Waals surface area (Å²) in [4.78, 5) is 0. The highest BCUT2D eigenvalue weighted by Gasteiger charge is 2.08. The fourth-order valence-corrected chi connectivity index (χ4v) is 2.79. The van der Waals surface area contributed by atoms with E-state index in [1.807, 2.05) is 11.8 Å². The average molecular weight is 241 g/mol. The predicted octanol–water partition coefficient (Wildman–Crippen LogP) is 4.16. The van der Waals surface area contributed by atoms with Crippen molar-refractivity contribution in [3.05, 3.63) is 48.5 Å². The van der Waals surface area contributed by atoms with E-state index in [4.69, 9.17) is 0 Å². The molecule has 17 heavy (non-hydrogen) atoms. The molecule has 0 spiro atoms. The third-order valence-corrected chi connectivity index (χ3v) is 3.79. The van der Waals surface area contributed by atoms with Crippen LogP contribution >= 0.6 is 11.8 Å². The van der Waals surface area contributed by atoms with E-state index in [0.29, 0.717) is 0 Å². The Morgan fingerprint density at radius 1 is 0.882 bits per heavy atom. The number of para-hydroxylation sites is 2. The highest BCUT2D eigenvalue weighted by molar-refractivity contribution is 7.98. The number of hydrogen-bond donors (Lipinski definition) is 0. The summed E-state index contributed by atoms with van der Waals surface area (Å²) < 4.78 is 2.43. The first kappa shape index (κ1) is 10.7. The molecule has 1 nitrogen and oxygen atoms in total. The minimum Gasteiger partial charge on any atom is -0.340 e. The molecule has 0 radical (unpaired) electrons. The van der Waals surface area contributed by atoms with Gasteiger partial charge in [0.25, 0.3) is 0 Å². The molecule has 2 heteroatoms. The molecule has 0 saturated heterocycles. The largest absolute Gasteiger partial charge is 0.340 e. The Balaban J connectivity index is 2.33. The van der Waals surface area contributed by atoms with E-state index in [0.717, 1.165) is 12.3 Å². The molecule has 0 N–H and O–H groups in total. The lowest BCUT2D eigenvalue weighted by molar-refractivity contribution is 0.838. The molecule has 0 aliphatic carbocycles. The van der Waals surface area contributed by atoms with E-state index in [1.165, 1.54) is 21.8 Å². The molecular formula is C15H15NS. The maximum absolute atomic E-state index is 2.43. The number of rotatable bonds is 3. The van der Waals surface area contributed by atoms with Crippen LogP contribution in [0.2, 0.25) is 0 Å². The van der Waals surface area contributed by atoms with Gasteiger partial charge in [0.05, 0.1) is 0 Å². The molecule has 3 aromatic rings. The van der Waals surface area contributed by atoms with E-state index in [9.17, 15) is 0 Å². The van der Waals surface area contributed by atoms with Gasteiger partial charge >= 0.3 is 0 Å². The fraction of sp³-hybridized carbons (Fsp3) is 0.200. The van der Waals surface area contributed by atoms with Crippen LogP contribution in [0.3, 0.4) is 0 Å². The van der Waals surface area contributed by atoms with Crippen molar-refractivity contribution in [1.82, 2.24) is 4.57 Å². The molecule has 1 aromatic heterocycles. The Kier molecular flexibility index (Phi) is 2.81. The van der Waals surface area contributed by atoms with E-state index in [-0.39, 0.29) is 0 Å². The Bertz CT molecular complexity index is 601. The van der Waals surface area contributed by atoms with Crippen molar-refractivity contribution in [2.24, 2.45) is 0 Å². The summed E-state index contributed by atoms with van der Waals surface area (Å²) in [7, 11) is 0. The second-order valence-corrected chi connectivity index (χ2v) is 5.16. The summed E-state index contributed by atoms with van der Waals surface area (Å²) in [5, 5.41) is 2.73. The highest BCUT2D eigenvalue weighted by atomic mass is 32.2. The maximum atomic E-state index is 2.43. The zero-order valence-electron chi connectivity index (χ0n) is 9.89. The van der Waals surface area contributed by atoms with Gasteiger partial charge in [-0.1, -0.05) is 36.4 Å². The normalized spacial score (nSPS) is 11.4. The number of benzene rings is 2. The summed E-state index contributed by atoms with van der Waals surface area (Å²) in [5.41, 5.74) is 2.70. The summed E-state index contributed by atoms with van der Waals surface area (Å²) in [5.74, 6) is 1.16. The first-order valence-electron chi connectivity index (χ1n) is 5.87. The summed E-state index contributed by atoms with van der Waals surface area (Å²) in [6.45, 7) is 1.08. The fourth-order valence-electron chi connectivity index (χ4n) is 2.43. The SMILES string of the molecule is CSCCn1c2ccccc2c2ccccc21. The second kappa shape index (κ2) is 4.46. The van der Waals surface area contributed by atoms with Gasteiger partial charge in [-0.05, 0) is 18.4 Å². The van der Waals surface area contributed by atoms with E-state index in [2.05, 4.69) is 59.4 Å². The highest BCUT2D eigenvalue weighted by Crippen LogP contribution is 2.28. The topological polar surface area (TPSA) is 4.93 Å². The first-order valence-corrected chi connectivity index (χ1v) is 7.26. The van der Waals surface area contributed by atoms with Gasteiger partial charge in [0, 0.05) is 34.1 Å². The van der Waals surface area contributed by atoms with Crippen molar-refractivity contribution in [3.8, 4) is 0 Å². The van der Waals surface area contributed by atoms with Crippen LogP contribution in [0.5, 0.6) is 0 Å². The van der Waals surface area contributed by atoms with E-state index in [1.54, 1.807) is 0 Å². The van der Waals surface area contributed by atoms with Crippen LogP contribution in [-0.4, -0.2) is 16.6 Å². The molecule has 0 atom stereocenters. The molecule has 3 rings (SSSR count). The van der Waals surface area contributed by atoms with Gasteiger partial charge in [-0.3, -0.25) is 0 Å². The number of thioether (sulfide) groups is 1. The van der Waals surface area contributed by atoms with Crippen molar-refractivity contribution in [2.75, 3.05) is 12.0 Å². The smallest absolute Gasteiger partial charge is 0.0491 e. The average Bonchev–Trinajstić information content (AvgIpc) is 2.71. The van der Waals surface area contributed by atoms with Crippen LogP contribution in [0.25, 0.3) is 21.8 Å². The maximum Gasteiger partial charge on any atom is 0.0491 e. The lowest BCUT2D eigenvalue weighted by atomic mass is 10.2. The summed E-state index contributed by atoms with van der Waals surface area (Å²) in [6.07, 6.45) is 2.16. The van der Waals surface area contributed by atoms with Crippen molar-refractivity contribution in [3.63, 3.8) is 0 Å². The van der Waals surface area contributed by atoms with E-state index < -0.39 is 0 Å². The van der Waals surface area contributed by atoms with Crippen molar-refractivity contribution in [2.45, 2.75) is 6.54 Å². The van der Waals surface area contributed by atoms with Gasteiger partial charge in [-0.2, -0.15) is 11.8 Å². The van der Waals surface area contributed by atoms with Crippen LogP contribution in [0.4, 0.5) is 0 Å². The van der Waals surface area contributed by atoms with Crippen LogP contribution in [0.15, 0.2) is 48.5 Å². The molecule has 0 bridgehead atoms. The van der Waals surface area contributed by atoms with Gasteiger partial charge in [0.15, 0.2) is 0 Å². The van der Waals surface area contributed by atoms with Crippen LogP contribution < -0.4 is 0 Å². The molecule has 0 fully saturated rings. The summed E-state index contributed by atoms with van der Waals surface area (Å²) >= 11 is 1.90. The number of hydrogen-bond acceptors (Lipinski definition) is 1. The van der Waals surface area contributed by atoms with Crippen LogP contribution in [0.1, 0.15) is 0 Å². The third-order valence-electron chi connectivity index (χ3n) is 3.20. The Labute approximate surface area is 105 Å². The summed E-state index contributed by atoms with van der Waals surface area (Å²) in [6, 6.07) is 17.3. The Hall–Kier alpha value is -1.41. The zero-order chi connectivity index (χ0) is 11.7. The van der Waals surface area contributed by atoms with Crippen molar-refractivity contribution >= 4 is 33.6 Å². The Morgan fingerprint density at radius 3 is 1.94 bits per heavy atom. The molecule has 0 unspecified atom stereocenters. The molecule has 0 saturated carbocycles. The standard InChI is InChI=1S/C15H15NS/c1-17-11-10-16-14-8-4-2-6-12(14)13-7-3-5-9-15(13)16/h2-9H,10-11H2,1H3. The van der Waals surface area contributed by atoms with Gasteiger partial charge in [0.1, 0.15) is 0 Å². The van der Waals surface area contributed by atoms with Crippen LogP contribution in [0, 0.1) is 0 Å². The predicted molar refractivity (Wildman–Crippen MR) is 77.8 cm³/mol. The molecule has 0 aliphatic rings. The molecule has 86 valence electrons. The quantitative estimate of drug-likeness (QED) is 0.666. The lowest BCUT2D eigenvalue weighted by Gasteiger charge is -2.05. The number of fused-ring (bicyclic) bond motifs is 3. The number of aryl methyl sites for hydroxylation is 1. The van der Waals surface area contributed by atoms with E-state index >= 15 is 0 Å². The van der Waals surface area contributed by atoms with Gasteiger partial charge in [-0.15, -0.1) is 0 Å². The minimum absolute atomic E-state index is 1.08. The monoisotopic (exact) mass is 241 g/mol. The molecular weight excluding hydrogens is 226 g/mol. The minimum atomic E-state index is 1.08. The van der Waals surface area contributed by atoms with Crippen LogP contribution in [-0.2, 0) is 6.54 Å². The van der Waals surface area contributed by atoms with Gasteiger partial charge in [0.2, 0.25) is 0 Å². The molecule has 2 aromatic carbocycles. The molecule has 0 amide bonds. The lowest BCUT2D eigenvalue weighted by Crippen LogP contribution is -1.99. The first-order chi connectivity index (χ1) is 8.42. The number of nitrogens with zero attached hydrogens (tertiary/aromatic N) is 1. The molecule has 1 heterocycles. The van der Waals surface area contributed by atoms with Crippen molar-refractivity contribution in [1.29, 1.82) is 0 Å². The van der Waals surface area contributed by atoms with Crippen molar-refractivity contribution < 1.29 is 0 Å². The zero-order valence-corrected chi connectivity index (χ0v) is 10.7. The number of aromatic nitrogens is 1. The molecule has 0 aliphatic heterocycles. The Morgan fingerprint density at radius 2 is 1.41 bits per heavy atom. The third kappa shape index (κ3) is 1.73. The van der Waals surface area contributed by atoms with Gasteiger partial charge < -0.3 is 4.57 Å². The second-order valence-electron chi connectivity index (χ2n) is 4.18. The van der Waals surface area contributed by atoms with Gasteiger partial charge in [-0.25, -0.2) is 0 Å².